The summed E-state index contributed by atoms with van der Waals surface area (Å²) < 4.78 is 2.18. The minimum atomic E-state index is 0.620. The first-order chi connectivity index (χ1) is 9.22. The van der Waals surface area contributed by atoms with Crippen LogP contribution in [-0.4, -0.2) is 17.7 Å². The zero-order chi connectivity index (χ0) is 13.4. The molecule has 0 amide bonds. The molecule has 2 atom stereocenters. The predicted octanol–water partition coefficient (Wildman–Crippen LogP) is 2.91. The van der Waals surface area contributed by atoms with Crippen LogP contribution in [0.1, 0.15) is 36.3 Å². The van der Waals surface area contributed by atoms with Crippen LogP contribution < -0.4 is 5.32 Å². The Morgan fingerprint density at radius 1 is 1.37 bits per heavy atom. The lowest BCUT2D eigenvalue weighted by molar-refractivity contribution is 0.572. The van der Waals surface area contributed by atoms with Crippen molar-refractivity contribution in [2.24, 2.45) is 7.05 Å². The van der Waals surface area contributed by atoms with E-state index >= 15 is 0 Å². The fourth-order valence-electron chi connectivity index (χ4n) is 3.34. The molecule has 0 spiro atoms. The maximum Gasteiger partial charge on any atom is 0.0991 e. The fourth-order valence-corrected chi connectivity index (χ4v) is 3.34. The summed E-state index contributed by atoms with van der Waals surface area (Å²) in [6.45, 7) is 0. The van der Waals surface area contributed by atoms with Gasteiger partial charge in [0.2, 0.25) is 0 Å². The molecule has 0 bridgehead atoms. The van der Waals surface area contributed by atoms with Gasteiger partial charge in [0.1, 0.15) is 0 Å². The van der Waals surface area contributed by atoms with E-state index in [0.717, 1.165) is 5.56 Å². The minimum Gasteiger partial charge on any atom is -0.350 e. The second-order valence-corrected chi connectivity index (χ2v) is 5.53. The van der Waals surface area contributed by atoms with Crippen molar-refractivity contribution < 1.29 is 0 Å². The summed E-state index contributed by atoms with van der Waals surface area (Å²) in [6, 6.07) is 8.88. The highest BCUT2D eigenvalue weighted by Gasteiger charge is 2.27. The monoisotopic (exact) mass is 253 g/mol. The van der Waals surface area contributed by atoms with Gasteiger partial charge in [-0.3, -0.25) is 0 Å². The number of fused-ring (bicyclic) bond motifs is 1. The summed E-state index contributed by atoms with van der Waals surface area (Å²) in [5.41, 5.74) is 3.39. The van der Waals surface area contributed by atoms with Crippen molar-refractivity contribution in [3.05, 3.63) is 35.5 Å². The molecule has 3 rings (SSSR count). The van der Waals surface area contributed by atoms with Gasteiger partial charge in [0.15, 0.2) is 0 Å². The number of hydrogen-bond acceptors (Lipinski definition) is 2. The van der Waals surface area contributed by atoms with Gasteiger partial charge in [0, 0.05) is 30.2 Å². The lowest BCUT2D eigenvalue weighted by atomic mass is 9.96. The van der Waals surface area contributed by atoms with Gasteiger partial charge >= 0.3 is 0 Å². The second-order valence-electron chi connectivity index (χ2n) is 5.53. The third kappa shape index (κ3) is 2.02. The van der Waals surface area contributed by atoms with Crippen LogP contribution in [-0.2, 0) is 7.05 Å². The molecule has 2 unspecified atom stereocenters. The van der Waals surface area contributed by atoms with Crippen LogP contribution in [0.15, 0.2) is 24.4 Å². The Balaban J connectivity index is 2.06. The van der Waals surface area contributed by atoms with E-state index in [1.54, 1.807) is 0 Å². The normalized spacial score (nSPS) is 22.8. The van der Waals surface area contributed by atoms with Gasteiger partial charge in [-0.05, 0) is 56.0 Å². The Morgan fingerprint density at radius 2 is 2.21 bits per heavy atom. The predicted molar refractivity (Wildman–Crippen MR) is 77.1 cm³/mol. The average molecular weight is 253 g/mol. The lowest BCUT2D eigenvalue weighted by Gasteiger charge is -2.10. The molecule has 0 aliphatic heterocycles. The summed E-state index contributed by atoms with van der Waals surface area (Å²) in [6.07, 6.45) is 5.93. The molecule has 19 heavy (non-hydrogen) atoms. The summed E-state index contributed by atoms with van der Waals surface area (Å²) >= 11 is 0. The standard InChI is InChI=1S/C16H19N3/c1-18-13-5-4-12(8-13)15-10-19(2)16-6-3-11(9-17)7-14(15)16/h3,6-7,10,12-13,18H,4-5,8H2,1-2H3. The van der Waals surface area contributed by atoms with Gasteiger partial charge in [0.05, 0.1) is 11.6 Å². The van der Waals surface area contributed by atoms with Gasteiger partial charge in [-0.2, -0.15) is 5.26 Å². The number of nitriles is 1. The van der Waals surface area contributed by atoms with Crippen LogP contribution in [0.3, 0.4) is 0 Å². The molecule has 3 nitrogen and oxygen atoms in total. The van der Waals surface area contributed by atoms with Crippen molar-refractivity contribution in [3.63, 3.8) is 0 Å². The van der Waals surface area contributed by atoms with Gasteiger partial charge < -0.3 is 9.88 Å². The molecular weight excluding hydrogens is 234 g/mol. The number of rotatable bonds is 2. The molecule has 1 fully saturated rings. The summed E-state index contributed by atoms with van der Waals surface area (Å²) in [5.74, 6) is 0.620. The summed E-state index contributed by atoms with van der Waals surface area (Å²) in [5, 5.41) is 13.7. The van der Waals surface area contributed by atoms with E-state index in [-0.39, 0.29) is 0 Å². The van der Waals surface area contributed by atoms with Gasteiger partial charge in [-0.1, -0.05) is 0 Å². The maximum absolute atomic E-state index is 9.07. The Bertz CT molecular complexity index is 648. The third-order valence-electron chi connectivity index (χ3n) is 4.43. The highest BCUT2D eigenvalue weighted by Crippen LogP contribution is 2.38. The third-order valence-corrected chi connectivity index (χ3v) is 4.43. The van der Waals surface area contributed by atoms with Crippen LogP contribution in [0.5, 0.6) is 0 Å². The summed E-state index contributed by atoms with van der Waals surface area (Å²) in [4.78, 5) is 0. The Kier molecular flexibility index (Phi) is 3.04. The van der Waals surface area contributed by atoms with Crippen LogP contribution >= 0.6 is 0 Å². The van der Waals surface area contributed by atoms with Crippen LogP contribution in [0.2, 0.25) is 0 Å². The van der Waals surface area contributed by atoms with E-state index in [1.807, 2.05) is 19.2 Å². The molecule has 0 radical (unpaired) electrons. The molecule has 1 saturated carbocycles. The smallest absolute Gasteiger partial charge is 0.0991 e. The summed E-state index contributed by atoms with van der Waals surface area (Å²) in [7, 11) is 4.13. The topological polar surface area (TPSA) is 40.8 Å². The molecule has 1 aromatic heterocycles. The van der Waals surface area contributed by atoms with E-state index in [2.05, 4.69) is 35.3 Å². The van der Waals surface area contributed by atoms with E-state index in [4.69, 9.17) is 5.26 Å². The van der Waals surface area contributed by atoms with Crippen LogP contribution in [0.4, 0.5) is 0 Å². The van der Waals surface area contributed by atoms with Crippen molar-refractivity contribution in [2.45, 2.75) is 31.2 Å². The van der Waals surface area contributed by atoms with Gasteiger partial charge in [0.25, 0.3) is 0 Å². The number of hydrogen-bond donors (Lipinski definition) is 1. The molecule has 0 saturated heterocycles. The van der Waals surface area contributed by atoms with Crippen molar-refractivity contribution in [1.82, 2.24) is 9.88 Å². The lowest BCUT2D eigenvalue weighted by Crippen LogP contribution is -2.21. The van der Waals surface area contributed by atoms with Crippen molar-refractivity contribution in [2.75, 3.05) is 7.05 Å². The van der Waals surface area contributed by atoms with Gasteiger partial charge in [-0.25, -0.2) is 0 Å². The van der Waals surface area contributed by atoms with Crippen molar-refractivity contribution in [3.8, 4) is 6.07 Å². The molecule has 1 N–H and O–H groups in total. The zero-order valence-electron chi connectivity index (χ0n) is 11.5. The number of aromatic nitrogens is 1. The number of nitrogens with zero attached hydrogens (tertiary/aromatic N) is 2. The zero-order valence-corrected chi connectivity index (χ0v) is 11.5. The van der Waals surface area contributed by atoms with Crippen LogP contribution in [0, 0.1) is 11.3 Å². The molecule has 1 aliphatic carbocycles. The first-order valence-electron chi connectivity index (χ1n) is 6.89. The maximum atomic E-state index is 9.07. The van der Waals surface area contributed by atoms with Crippen LogP contribution in [0.25, 0.3) is 10.9 Å². The van der Waals surface area contributed by atoms with E-state index < -0.39 is 0 Å². The van der Waals surface area contributed by atoms with Crippen molar-refractivity contribution in [1.29, 1.82) is 5.26 Å². The van der Waals surface area contributed by atoms with E-state index in [1.165, 1.54) is 35.7 Å². The number of nitrogens with one attached hydrogen (secondary N) is 1. The first kappa shape index (κ1) is 12.3. The fraction of sp³-hybridized carbons (Fsp3) is 0.438. The number of benzene rings is 1. The van der Waals surface area contributed by atoms with Crippen molar-refractivity contribution >= 4 is 10.9 Å². The molecule has 1 heterocycles. The molecule has 98 valence electrons. The van der Waals surface area contributed by atoms with E-state index in [9.17, 15) is 0 Å². The average Bonchev–Trinajstić information content (AvgIpc) is 3.03. The Morgan fingerprint density at radius 3 is 2.89 bits per heavy atom. The molecule has 1 aromatic carbocycles. The Labute approximate surface area is 113 Å². The molecule has 1 aliphatic rings. The minimum absolute atomic E-state index is 0.620. The van der Waals surface area contributed by atoms with E-state index in [0.29, 0.717) is 12.0 Å². The Hall–Kier alpha value is -1.79. The first-order valence-corrected chi connectivity index (χ1v) is 6.89. The SMILES string of the molecule is CNC1CCC(c2cn(C)c3ccc(C#N)cc23)C1. The van der Waals surface area contributed by atoms with Gasteiger partial charge in [-0.15, -0.1) is 0 Å². The molecule has 3 heteroatoms. The number of aryl methyl sites for hydroxylation is 1. The molecule has 2 aromatic rings. The largest absolute Gasteiger partial charge is 0.350 e. The quantitative estimate of drug-likeness (QED) is 0.894. The second kappa shape index (κ2) is 4.71. The molecular formula is C16H19N3. The highest BCUT2D eigenvalue weighted by molar-refractivity contribution is 5.85. The highest BCUT2D eigenvalue weighted by atomic mass is 14.9.